The van der Waals surface area contributed by atoms with Crippen LogP contribution in [0.5, 0.6) is 11.5 Å². The van der Waals surface area contributed by atoms with Crippen molar-refractivity contribution in [1.29, 1.82) is 5.26 Å². The molecule has 0 bridgehead atoms. The highest BCUT2D eigenvalue weighted by molar-refractivity contribution is 6.32. The fraction of sp³-hybridized carbons (Fsp3) is 0.115. The first-order valence-electron chi connectivity index (χ1n) is 10.3. The van der Waals surface area contributed by atoms with Crippen LogP contribution in [-0.2, 0) is 6.61 Å². The van der Waals surface area contributed by atoms with E-state index in [2.05, 4.69) is 16.0 Å². The number of nitriles is 1. The number of methoxy groups -OCH3 is 1. The topological polar surface area (TPSA) is 108 Å². The fourth-order valence-electron chi connectivity index (χ4n) is 3.43. The summed E-state index contributed by atoms with van der Waals surface area (Å²) in [6, 6.07) is 17.8. The summed E-state index contributed by atoms with van der Waals surface area (Å²) in [7, 11) is 1.50. The van der Waals surface area contributed by atoms with E-state index in [1.165, 1.54) is 19.2 Å². The number of halogens is 1. The second kappa shape index (κ2) is 9.69. The number of H-pyrrole nitrogens is 1. The second-order valence-corrected chi connectivity index (χ2v) is 8.01. The summed E-state index contributed by atoms with van der Waals surface area (Å²) in [5.74, 6) is 0.221. The summed E-state index contributed by atoms with van der Waals surface area (Å²) in [4.78, 5) is 18.7. The van der Waals surface area contributed by atoms with Crippen LogP contribution in [-0.4, -0.2) is 28.2 Å². The molecule has 0 radical (unpaired) electrons. The molecule has 4 aromatic rings. The number of nitrogens with one attached hydrogen (secondary N) is 1. The van der Waals surface area contributed by atoms with E-state index in [0.29, 0.717) is 33.5 Å². The van der Waals surface area contributed by atoms with Gasteiger partial charge in [0.15, 0.2) is 11.5 Å². The van der Waals surface area contributed by atoms with E-state index in [1.807, 2.05) is 25.1 Å². The molecule has 0 saturated heterocycles. The Bertz CT molecular complexity index is 1450. The van der Waals surface area contributed by atoms with E-state index < -0.39 is 5.97 Å². The lowest BCUT2D eigenvalue weighted by Crippen LogP contribution is -2.00. The molecule has 0 saturated carbocycles. The maximum Gasteiger partial charge on any atom is 0.335 e. The SMILES string of the molecule is COc1cc(/C=C(/C#N)c2nc3ccc(C)cc3[nH]2)cc(Cl)c1OCc1ccc(C(=O)O)cc1. The van der Waals surface area contributed by atoms with E-state index in [-0.39, 0.29) is 12.2 Å². The molecular weight excluding hydrogens is 454 g/mol. The Morgan fingerprint density at radius 2 is 1.97 bits per heavy atom. The minimum atomic E-state index is -0.990. The van der Waals surface area contributed by atoms with Gasteiger partial charge in [-0.1, -0.05) is 29.8 Å². The maximum atomic E-state index is 11.0. The van der Waals surface area contributed by atoms with Crippen molar-refractivity contribution in [3.05, 3.63) is 87.7 Å². The van der Waals surface area contributed by atoms with Crippen LogP contribution in [0.4, 0.5) is 0 Å². The van der Waals surface area contributed by atoms with Gasteiger partial charge in [0, 0.05) is 0 Å². The largest absolute Gasteiger partial charge is 0.493 e. The lowest BCUT2D eigenvalue weighted by Gasteiger charge is -2.13. The number of aromatic nitrogens is 2. The molecule has 0 spiro atoms. The van der Waals surface area contributed by atoms with Gasteiger partial charge >= 0.3 is 5.97 Å². The van der Waals surface area contributed by atoms with Crippen molar-refractivity contribution in [3.63, 3.8) is 0 Å². The monoisotopic (exact) mass is 473 g/mol. The Kier molecular flexibility index (Phi) is 6.53. The first-order chi connectivity index (χ1) is 16.4. The average Bonchev–Trinajstić information content (AvgIpc) is 3.24. The standard InChI is InChI=1S/C26H20ClN3O4/c1-15-3-8-21-22(9-15)30-25(29-21)19(13-28)10-17-11-20(27)24(23(12-17)33-2)34-14-16-4-6-18(7-5-16)26(31)32/h3-12H,14H2,1-2H3,(H,29,30)(H,31,32)/b19-10-. The smallest absolute Gasteiger partial charge is 0.335 e. The van der Waals surface area contributed by atoms with Crippen LogP contribution in [0.3, 0.4) is 0 Å². The van der Waals surface area contributed by atoms with E-state index in [4.69, 9.17) is 26.2 Å². The molecule has 0 amide bonds. The van der Waals surface area contributed by atoms with Gasteiger partial charge in [-0.25, -0.2) is 9.78 Å². The average molecular weight is 474 g/mol. The molecule has 34 heavy (non-hydrogen) atoms. The quantitative estimate of drug-likeness (QED) is 0.325. The highest BCUT2D eigenvalue weighted by Gasteiger charge is 2.14. The van der Waals surface area contributed by atoms with E-state index in [0.717, 1.165) is 22.2 Å². The van der Waals surface area contributed by atoms with Gasteiger partial charge in [0.05, 0.1) is 34.3 Å². The van der Waals surface area contributed by atoms with Crippen LogP contribution >= 0.6 is 11.6 Å². The Labute approximate surface area is 200 Å². The van der Waals surface area contributed by atoms with Gasteiger partial charge < -0.3 is 19.6 Å². The predicted molar refractivity (Wildman–Crippen MR) is 130 cm³/mol. The van der Waals surface area contributed by atoms with Crippen molar-refractivity contribution in [2.75, 3.05) is 7.11 Å². The number of carbonyl (C=O) groups is 1. The zero-order valence-electron chi connectivity index (χ0n) is 18.4. The Morgan fingerprint density at radius 3 is 2.65 bits per heavy atom. The number of allylic oxidation sites excluding steroid dienone is 1. The summed E-state index contributed by atoms with van der Waals surface area (Å²) in [5, 5.41) is 19.1. The number of hydrogen-bond donors (Lipinski definition) is 2. The van der Waals surface area contributed by atoms with Crippen molar-refractivity contribution in [2.24, 2.45) is 0 Å². The molecule has 4 rings (SSSR count). The molecule has 8 heteroatoms. The van der Waals surface area contributed by atoms with Gasteiger partial charge in [-0.15, -0.1) is 0 Å². The molecule has 3 aromatic carbocycles. The second-order valence-electron chi connectivity index (χ2n) is 7.60. The molecule has 2 N–H and O–H groups in total. The number of ether oxygens (including phenoxy) is 2. The van der Waals surface area contributed by atoms with Crippen LogP contribution in [0.25, 0.3) is 22.7 Å². The van der Waals surface area contributed by atoms with Gasteiger partial charge in [0.1, 0.15) is 18.5 Å². The Balaban J connectivity index is 1.60. The van der Waals surface area contributed by atoms with Crippen molar-refractivity contribution in [1.82, 2.24) is 9.97 Å². The molecule has 0 atom stereocenters. The number of hydrogen-bond acceptors (Lipinski definition) is 5. The van der Waals surface area contributed by atoms with Crippen LogP contribution in [0.2, 0.25) is 5.02 Å². The Hall–Kier alpha value is -4.28. The van der Waals surface area contributed by atoms with Crippen molar-refractivity contribution >= 4 is 40.3 Å². The third-order valence-electron chi connectivity index (χ3n) is 5.16. The lowest BCUT2D eigenvalue weighted by atomic mass is 10.1. The molecular formula is C26H20ClN3O4. The predicted octanol–water partition coefficient (Wildman–Crippen LogP) is 5.87. The number of aromatic amines is 1. The summed E-state index contributed by atoms with van der Waals surface area (Å²) >= 11 is 6.48. The van der Waals surface area contributed by atoms with Gasteiger partial charge in [-0.05, 0) is 66.1 Å². The maximum absolute atomic E-state index is 11.0. The van der Waals surface area contributed by atoms with Crippen LogP contribution in [0, 0.1) is 18.3 Å². The van der Waals surface area contributed by atoms with Crippen molar-refractivity contribution in [3.8, 4) is 17.6 Å². The summed E-state index contributed by atoms with van der Waals surface area (Å²) < 4.78 is 11.3. The normalized spacial score (nSPS) is 11.3. The van der Waals surface area contributed by atoms with Gasteiger partial charge in [0.2, 0.25) is 0 Å². The number of nitrogens with zero attached hydrogens (tertiary/aromatic N) is 2. The number of carboxylic acid groups (broad SMARTS) is 1. The number of benzene rings is 3. The number of fused-ring (bicyclic) bond motifs is 1. The molecule has 0 aliphatic carbocycles. The van der Waals surface area contributed by atoms with Crippen LogP contribution in [0.1, 0.15) is 32.9 Å². The molecule has 0 aliphatic rings. The first-order valence-corrected chi connectivity index (χ1v) is 10.7. The third-order valence-corrected chi connectivity index (χ3v) is 5.44. The zero-order chi connectivity index (χ0) is 24.2. The van der Waals surface area contributed by atoms with Gasteiger partial charge in [0.25, 0.3) is 0 Å². The lowest BCUT2D eigenvalue weighted by molar-refractivity contribution is 0.0697. The van der Waals surface area contributed by atoms with Crippen LogP contribution in [0.15, 0.2) is 54.6 Å². The van der Waals surface area contributed by atoms with E-state index in [1.54, 1.807) is 30.3 Å². The molecule has 0 aliphatic heterocycles. The third kappa shape index (κ3) is 4.87. The number of carboxylic acids is 1. The van der Waals surface area contributed by atoms with Crippen molar-refractivity contribution < 1.29 is 19.4 Å². The number of rotatable bonds is 7. The van der Waals surface area contributed by atoms with Gasteiger partial charge in [-0.3, -0.25) is 0 Å². The molecule has 1 heterocycles. The molecule has 7 nitrogen and oxygen atoms in total. The van der Waals surface area contributed by atoms with E-state index >= 15 is 0 Å². The highest BCUT2D eigenvalue weighted by atomic mass is 35.5. The number of imidazole rings is 1. The van der Waals surface area contributed by atoms with Gasteiger partial charge in [-0.2, -0.15) is 5.26 Å². The van der Waals surface area contributed by atoms with E-state index in [9.17, 15) is 10.1 Å². The summed E-state index contributed by atoms with van der Waals surface area (Å²) in [5.41, 5.74) is 4.69. The summed E-state index contributed by atoms with van der Waals surface area (Å²) in [6.45, 7) is 2.16. The fourth-order valence-corrected chi connectivity index (χ4v) is 3.71. The van der Waals surface area contributed by atoms with Crippen LogP contribution < -0.4 is 9.47 Å². The summed E-state index contributed by atoms with van der Waals surface area (Å²) in [6.07, 6.45) is 1.67. The first kappa shape index (κ1) is 22.9. The molecule has 0 unspecified atom stereocenters. The molecule has 1 aromatic heterocycles. The van der Waals surface area contributed by atoms with Crippen molar-refractivity contribution in [2.45, 2.75) is 13.5 Å². The minimum absolute atomic E-state index is 0.174. The molecule has 0 fully saturated rings. The molecule has 170 valence electrons. The highest BCUT2D eigenvalue weighted by Crippen LogP contribution is 2.38. The zero-order valence-corrected chi connectivity index (χ0v) is 19.2. The minimum Gasteiger partial charge on any atom is -0.493 e. The number of aromatic carboxylic acids is 1. The Morgan fingerprint density at radius 1 is 1.21 bits per heavy atom. The number of aryl methyl sites for hydroxylation is 1.